The van der Waals surface area contributed by atoms with Gasteiger partial charge in [-0.3, -0.25) is 9.59 Å². The van der Waals surface area contributed by atoms with Gasteiger partial charge in [-0.2, -0.15) is 0 Å². The number of nitrogens with one attached hydrogen (secondary N) is 1. The highest BCUT2D eigenvalue weighted by Crippen LogP contribution is 2.39. The van der Waals surface area contributed by atoms with Crippen LogP contribution in [0.3, 0.4) is 0 Å². The first-order chi connectivity index (χ1) is 17.4. The second-order valence-corrected chi connectivity index (χ2v) is 10.8. The Balaban J connectivity index is 1.68. The van der Waals surface area contributed by atoms with E-state index < -0.39 is 34.7 Å². The molecular weight excluding hydrogens is 473 g/mol. The molecule has 2 aromatic carbocycles. The summed E-state index contributed by atoms with van der Waals surface area (Å²) in [6.07, 6.45) is 4.93. The highest BCUT2D eigenvalue weighted by atomic mass is 19.1. The van der Waals surface area contributed by atoms with Crippen molar-refractivity contribution >= 4 is 11.7 Å². The smallest absolute Gasteiger partial charge is 0.253 e. The van der Waals surface area contributed by atoms with Gasteiger partial charge in [-0.1, -0.05) is 55.3 Å². The Kier molecular flexibility index (Phi) is 7.29. The predicted molar refractivity (Wildman–Crippen MR) is 139 cm³/mol. The summed E-state index contributed by atoms with van der Waals surface area (Å²) in [6, 6.07) is 9.21. The Labute approximate surface area is 217 Å². The first-order valence-electron chi connectivity index (χ1n) is 12.4. The van der Waals surface area contributed by atoms with Crippen LogP contribution in [0.25, 0.3) is 0 Å². The summed E-state index contributed by atoms with van der Waals surface area (Å²) >= 11 is 0. The Hall–Kier alpha value is -3.45. The summed E-state index contributed by atoms with van der Waals surface area (Å²) in [7, 11) is 1.50. The average Bonchev–Trinajstić information content (AvgIpc) is 3.29. The number of methoxy groups -OCH3 is 1. The van der Waals surface area contributed by atoms with Crippen LogP contribution in [-0.2, 0) is 26.2 Å². The molecule has 2 aromatic rings. The first kappa shape index (κ1) is 26.6. The number of hydrogen-bond donors (Lipinski definition) is 2. The van der Waals surface area contributed by atoms with E-state index in [-0.39, 0.29) is 25.2 Å². The molecule has 4 rings (SSSR count). The predicted octanol–water partition coefficient (Wildman–Crippen LogP) is 4.25. The number of amides is 1. The van der Waals surface area contributed by atoms with Gasteiger partial charge in [0.05, 0.1) is 19.3 Å². The van der Waals surface area contributed by atoms with E-state index in [1.807, 2.05) is 45.9 Å². The number of ether oxygens (including phenoxy) is 2. The average molecular weight is 508 g/mol. The van der Waals surface area contributed by atoms with E-state index in [0.29, 0.717) is 11.3 Å². The van der Waals surface area contributed by atoms with Crippen molar-refractivity contribution in [3.05, 3.63) is 88.5 Å². The van der Waals surface area contributed by atoms with E-state index in [9.17, 15) is 19.1 Å². The molecule has 0 saturated heterocycles. The molecule has 1 heterocycles. The molecule has 196 valence electrons. The van der Waals surface area contributed by atoms with Gasteiger partial charge in [-0.05, 0) is 49.4 Å². The molecule has 1 aliphatic heterocycles. The number of benzene rings is 2. The molecule has 0 radical (unpaired) electrons. The van der Waals surface area contributed by atoms with Crippen LogP contribution < -0.4 is 10.1 Å². The second-order valence-electron chi connectivity index (χ2n) is 10.8. The quantitative estimate of drug-likeness (QED) is 0.558. The lowest BCUT2D eigenvalue weighted by molar-refractivity contribution is -0.144. The zero-order valence-electron chi connectivity index (χ0n) is 21.9. The third-order valence-corrected chi connectivity index (χ3v) is 7.13. The minimum Gasteiger partial charge on any atom is -0.500 e. The highest BCUT2D eigenvalue weighted by molar-refractivity contribution is 5.97. The van der Waals surface area contributed by atoms with Crippen LogP contribution in [0.5, 0.6) is 5.75 Å². The summed E-state index contributed by atoms with van der Waals surface area (Å²) in [6.45, 7) is 7.82. The Morgan fingerprint density at radius 1 is 1.19 bits per heavy atom. The van der Waals surface area contributed by atoms with E-state index in [4.69, 9.17) is 9.47 Å². The number of rotatable bonds is 8. The summed E-state index contributed by atoms with van der Waals surface area (Å²) < 4.78 is 25.0. The largest absolute Gasteiger partial charge is 0.500 e. The molecule has 7 heteroatoms. The number of carbonyl (C=O) groups excluding carboxylic acids is 2. The van der Waals surface area contributed by atoms with Crippen molar-refractivity contribution < 1.29 is 28.6 Å². The topological polar surface area (TPSA) is 84.9 Å². The van der Waals surface area contributed by atoms with Crippen molar-refractivity contribution in [2.24, 2.45) is 5.92 Å². The molecule has 1 aliphatic carbocycles. The van der Waals surface area contributed by atoms with Crippen LogP contribution in [0.4, 0.5) is 4.39 Å². The Bertz CT molecular complexity index is 1260. The van der Waals surface area contributed by atoms with Gasteiger partial charge in [0.2, 0.25) is 0 Å². The minimum atomic E-state index is -1.91. The van der Waals surface area contributed by atoms with E-state index in [1.165, 1.54) is 25.3 Å². The van der Waals surface area contributed by atoms with E-state index in [0.717, 1.165) is 22.3 Å². The van der Waals surface area contributed by atoms with Crippen molar-refractivity contribution in [2.45, 2.75) is 57.6 Å². The zero-order valence-corrected chi connectivity index (χ0v) is 21.9. The van der Waals surface area contributed by atoms with Gasteiger partial charge in [0.25, 0.3) is 5.91 Å². The summed E-state index contributed by atoms with van der Waals surface area (Å²) in [4.78, 5) is 26.8. The maximum Gasteiger partial charge on any atom is 0.253 e. The van der Waals surface area contributed by atoms with Gasteiger partial charge in [0.1, 0.15) is 29.8 Å². The molecule has 1 amide bonds. The molecule has 0 saturated carbocycles. The van der Waals surface area contributed by atoms with Crippen LogP contribution in [0.1, 0.15) is 42.5 Å². The van der Waals surface area contributed by atoms with Gasteiger partial charge in [0.15, 0.2) is 5.78 Å². The third kappa shape index (κ3) is 5.62. The molecule has 2 N–H and O–H groups in total. The van der Waals surface area contributed by atoms with Crippen molar-refractivity contribution in [3.63, 3.8) is 0 Å². The lowest BCUT2D eigenvalue weighted by Gasteiger charge is -2.37. The third-order valence-electron chi connectivity index (χ3n) is 7.13. The molecule has 37 heavy (non-hydrogen) atoms. The number of hydrogen-bond acceptors (Lipinski definition) is 5. The number of allylic oxidation sites excluding steroid dienone is 1. The maximum absolute atomic E-state index is 14.2. The molecule has 0 aromatic heterocycles. The van der Waals surface area contributed by atoms with Crippen molar-refractivity contribution in [1.82, 2.24) is 5.32 Å². The van der Waals surface area contributed by atoms with E-state index >= 15 is 0 Å². The van der Waals surface area contributed by atoms with Crippen LogP contribution in [0, 0.1) is 25.6 Å². The van der Waals surface area contributed by atoms with Crippen molar-refractivity contribution in [1.29, 1.82) is 0 Å². The fraction of sp³-hybridized carbons (Fsp3) is 0.400. The lowest BCUT2D eigenvalue weighted by Crippen LogP contribution is -2.56. The molecule has 2 aliphatic rings. The van der Waals surface area contributed by atoms with Crippen LogP contribution in [-0.4, -0.2) is 42.2 Å². The number of ketones is 1. The standard InChI is InChI=1S/C30H34FNO5/c1-18-10-19(2)12-20(11-18)14-30(35,17-29(3,4)24-13-22(31)7-9-26(24)36-5)28(34)32-25-8-6-21-15-37-16-23(21)27(25)33/h6-13,15,23,25,35H,14,16-17H2,1-5H3,(H,32,34). The SMILES string of the molecule is COc1ccc(F)cc1C(C)(C)CC(O)(Cc1cc(C)cc(C)c1)C(=O)NC1C=CC2=COCC2C1=O. The van der Waals surface area contributed by atoms with Gasteiger partial charge in [0, 0.05) is 17.6 Å². The number of Topliss-reactive ketones (excluding diaryl/α,β-unsaturated/α-hetero) is 1. The zero-order chi connectivity index (χ0) is 27.0. The first-order valence-corrected chi connectivity index (χ1v) is 12.4. The number of aryl methyl sites for hydroxylation is 2. The molecule has 3 unspecified atom stereocenters. The van der Waals surface area contributed by atoms with Gasteiger partial charge in [-0.15, -0.1) is 0 Å². The summed E-state index contributed by atoms with van der Waals surface area (Å²) in [5, 5.41) is 14.8. The number of carbonyl (C=O) groups is 2. The van der Waals surface area contributed by atoms with E-state index in [2.05, 4.69) is 5.32 Å². The van der Waals surface area contributed by atoms with Gasteiger partial charge < -0.3 is 19.9 Å². The molecule has 0 bridgehead atoms. The molecule has 3 atom stereocenters. The highest BCUT2D eigenvalue weighted by Gasteiger charge is 2.45. The maximum atomic E-state index is 14.2. The lowest BCUT2D eigenvalue weighted by atomic mass is 9.72. The summed E-state index contributed by atoms with van der Waals surface area (Å²) in [5.74, 6) is -1.25. The second kappa shape index (κ2) is 10.1. The number of fused-ring (bicyclic) bond motifs is 1. The van der Waals surface area contributed by atoms with Crippen LogP contribution in [0.15, 0.2) is 60.4 Å². The normalized spacial score (nSPS) is 20.5. The van der Waals surface area contributed by atoms with Crippen molar-refractivity contribution in [2.75, 3.05) is 13.7 Å². The monoisotopic (exact) mass is 507 g/mol. The van der Waals surface area contributed by atoms with Gasteiger partial charge in [-0.25, -0.2) is 4.39 Å². The van der Waals surface area contributed by atoms with Crippen LogP contribution >= 0.6 is 0 Å². The Morgan fingerprint density at radius 2 is 1.89 bits per heavy atom. The van der Waals surface area contributed by atoms with E-state index in [1.54, 1.807) is 18.4 Å². The molecule has 0 fully saturated rings. The molecular formula is C30H34FNO5. The molecule has 6 nitrogen and oxygen atoms in total. The fourth-order valence-corrected chi connectivity index (χ4v) is 5.50. The summed E-state index contributed by atoms with van der Waals surface area (Å²) in [5.41, 5.74) is 1.35. The van der Waals surface area contributed by atoms with Crippen LogP contribution in [0.2, 0.25) is 0 Å². The number of aliphatic hydroxyl groups is 1. The number of halogens is 1. The molecule has 0 spiro atoms. The Morgan fingerprint density at radius 3 is 2.57 bits per heavy atom. The fourth-order valence-electron chi connectivity index (χ4n) is 5.50. The van der Waals surface area contributed by atoms with Crippen molar-refractivity contribution in [3.8, 4) is 5.75 Å². The minimum absolute atomic E-state index is 0.0186. The van der Waals surface area contributed by atoms with Gasteiger partial charge >= 0.3 is 0 Å².